The molecule has 0 saturated carbocycles. The van der Waals surface area contributed by atoms with Crippen molar-refractivity contribution in [2.45, 2.75) is 0 Å². The third kappa shape index (κ3) is 5.94. The summed E-state index contributed by atoms with van der Waals surface area (Å²) in [5, 5.41) is 8.74. The molecule has 0 amide bonds. The molecule has 11 rings (SSSR count). The first-order valence-electron chi connectivity index (χ1n) is 19.4. The molecule has 270 valence electrons. The van der Waals surface area contributed by atoms with Gasteiger partial charge in [0.15, 0.2) is 23.3 Å². The van der Waals surface area contributed by atoms with Crippen LogP contribution < -0.4 is 0 Å². The van der Waals surface area contributed by atoms with Crippen LogP contribution in [0.2, 0.25) is 0 Å². The largest absolute Gasteiger partial charge is 0.228 e. The Morgan fingerprint density at radius 3 is 1.00 bits per heavy atom. The number of benzene rings is 9. The maximum atomic E-state index is 5.43. The summed E-state index contributed by atoms with van der Waals surface area (Å²) in [5.74, 6) is 2.49. The van der Waals surface area contributed by atoms with Crippen LogP contribution in [0.25, 0.3) is 111 Å². The van der Waals surface area contributed by atoms with Crippen molar-refractivity contribution in [3.05, 3.63) is 200 Å². The molecule has 2 heterocycles. The van der Waals surface area contributed by atoms with Crippen LogP contribution in [0.3, 0.4) is 0 Å². The van der Waals surface area contributed by atoms with Gasteiger partial charge in [0, 0.05) is 33.4 Å². The first-order valence-corrected chi connectivity index (χ1v) is 19.4. The lowest BCUT2D eigenvalue weighted by Gasteiger charge is -2.18. The first kappa shape index (κ1) is 33.4. The zero-order chi connectivity index (χ0) is 38.4. The third-order valence-electron chi connectivity index (χ3n) is 10.9. The van der Waals surface area contributed by atoms with E-state index in [1.54, 1.807) is 0 Å². The molecule has 11 aromatic rings. The van der Waals surface area contributed by atoms with Crippen LogP contribution in [0.5, 0.6) is 0 Å². The standard InChI is InChI=1S/C53H33N5/c1-3-17-36(18-4-1)50-56-51(37-19-5-2-6-20-37)58-53(57-50)49-44-25-13-11-23-42(44)48(43-24-12-14-26-45(43)49)52-54-46(40-29-27-34-15-7-9-21-38(34)31-40)33-47(55-52)41-30-28-35-16-8-10-22-39(35)32-41/h1-33H. The molecule has 2 aromatic heterocycles. The van der Waals surface area contributed by atoms with Gasteiger partial charge in [0.1, 0.15) is 0 Å². The summed E-state index contributed by atoms with van der Waals surface area (Å²) >= 11 is 0. The number of hydrogen-bond donors (Lipinski definition) is 0. The van der Waals surface area contributed by atoms with E-state index in [9.17, 15) is 0 Å². The Morgan fingerprint density at radius 2 is 0.569 bits per heavy atom. The zero-order valence-corrected chi connectivity index (χ0v) is 31.3. The lowest BCUT2D eigenvalue weighted by atomic mass is 9.90. The highest BCUT2D eigenvalue weighted by atomic mass is 15.0. The number of aromatic nitrogens is 5. The van der Waals surface area contributed by atoms with E-state index in [4.69, 9.17) is 24.9 Å². The van der Waals surface area contributed by atoms with Gasteiger partial charge in [-0.1, -0.05) is 182 Å². The van der Waals surface area contributed by atoms with Crippen LogP contribution in [0, 0.1) is 0 Å². The van der Waals surface area contributed by atoms with Gasteiger partial charge < -0.3 is 0 Å². The molecule has 0 saturated heterocycles. The Morgan fingerprint density at radius 1 is 0.224 bits per heavy atom. The predicted molar refractivity (Wildman–Crippen MR) is 238 cm³/mol. The van der Waals surface area contributed by atoms with Crippen LogP contribution in [-0.4, -0.2) is 24.9 Å². The molecule has 0 bridgehead atoms. The van der Waals surface area contributed by atoms with Gasteiger partial charge in [0.05, 0.1) is 11.4 Å². The smallest absolute Gasteiger partial charge is 0.165 e. The minimum Gasteiger partial charge on any atom is -0.228 e. The fourth-order valence-corrected chi connectivity index (χ4v) is 8.08. The summed E-state index contributed by atoms with van der Waals surface area (Å²) in [4.78, 5) is 26.3. The topological polar surface area (TPSA) is 64.5 Å². The lowest BCUT2D eigenvalue weighted by molar-refractivity contribution is 1.08. The fraction of sp³-hybridized carbons (Fsp3) is 0. The summed E-state index contributed by atoms with van der Waals surface area (Å²) in [6.45, 7) is 0. The van der Waals surface area contributed by atoms with Gasteiger partial charge in [-0.15, -0.1) is 0 Å². The summed E-state index contributed by atoms with van der Waals surface area (Å²) in [6, 6.07) is 69.3. The molecule has 58 heavy (non-hydrogen) atoms. The Kier molecular flexibility index (Phi) is 8.07. The van der Waals surface area contributed by atoms with Gasteiger partial charge in [-0.05, 0) is 61.3 Å². The maximum Gasteiger partial charge on any atom is 0.165 e. The minimum absolute atomic E-state index is 0.606. The molecule has 0 aliphatic rings. The SMILES string of the molecule is c1ccc(-c2nc(-c3ccccc3)nc(-c3c4ccccc4c(-c4nc(-c5ccc6ccccc6c5)cc(-c5ccc6ccccc6c5)n4)c4ccccc34)n2)cc1. The molecule has 5 heteroatoms. The Bertz CT molecular complexity index is 3130. The Labute approximate surface area is 335 Å². The van der Waals surface area contributed by atoms with Crippen molar-refractivity contribution in [3.8, 4) is 68.1 Å². The van der Waals surface area contributed by atoms with Gasteiger partial charge >= 0.3 is 0 Å². The summed E-state index contributed by atoms with van der Waals surface area (Å²) in [6.07, 6.45) is 0. The second-order valence-electron chi connectivity index (χ2n) is 14.5. The van der Waals surface area contributed by atoms with E-state index in [0.29, 0.717) is 23.3 Å². The van der Waals surface area contributed by atoms with Gasteiger partial charge in [0.2, 0.25) is 0 Å². The summed E-state index contributed by atoms with van der Waals surface area (Å²) in [7, 11) is 0. The summed E-state index contributed by atoms with van der Waals surface area (Å²) < 4.78 is 0. The maximum absolute atomic E-state index is 5.43. The highest BCUT2D eigenvalue weighted by molar-refractivity contribution is 6.20. The average molecular weight is 740 g/mol. The van der Waals surface area contributed by atoms with E-state index >= 15 is 0 Å². The average Bonchev–Trinajstić information content (AvgIpc) is 3.30. The molecule has 5 nitrogen and oxygen atoms in total. The van der Waals surface area contributed by atoms with Crippen molar-refractivity contribution >= 4 is 43.1 Å². The van der Waals surface area contributed by atoms with Crippen molar-refractivity contribution in [2.75, 3.05) is 0 Å². The van der Waals surface area contributed by atoms with Gasteiger partial charge in [0.25, 0.3) is 0 Å². The minimum atomic E-state index is 0.606. The molecule has 9 aromatic carbocycles. The number of hydrogen-bond acceptors (Lipinski definition) is 5. The second kappa shape index (κ2) is 14.0. The van der Waals surface area contributed by atoms with Crippen LogP contribution in [0.1, 0.15) is 0 Å². The molecular formula is C53H33N5. The van der Waals surface area contributed by atoms with Crippen molar-refractivity contribution in [1.82, 2.24) is 24.9 Å². The van der Waals surface area contributed by atoms with Crippen molar-refractivity contribution in [1.29, 1.82) is 0 Å². The molecule has 0 aliphatic carbocycles. The number of rotatable bonds is 6. The van der Waals surface area contributed by atoms with Gasteiger partial charge in [-0.25, -0.2) is 24.9 Å². The van der Waals surface area contributed by atoms with Crippen molar-refractivity contribution < 1.29 is 0 Å². The Balaban J connectivity index is 1.19. The lowest BCUT2D eigenvalue weighted by Crippen LogP contribution is -2.02. The normalized spacial score (nSPS) is 11.4. The second-order valence-corrected chi connectivity index (χ2v) is 14.5. The van der Waals surface area contributed by atoms with Crippen molar-refractivity contribution in [2.24, 2.45) is 0 Å². The van der Waals surface area contributed by atoms with Gasteiger partial charge in [-0.3, -0.25) is 0 Å². The van der Waals surface area contributed by atoms with E-state index in [2.05, 4.69) is 140 Å². The van der Waals surface area contributed by atoms with E-state index in [-0.39, 0.29) is 0 Å². The molecule has 0 aliphatic heterocycles. The molecule has 0 fully saturated rings. The van der Waals surface area contributed by atoms with Crippen molar-refractivity contribution in [3.63, 3.8) is 0 Å². The molecule has 0 spiro atoms. The monoisotopic (exact) mass is 739 g/mol. The van der Waals surface area contributed by atoms with E-state index < -0.39 is 0 Å². The quantitative estimate of drug-likeness (QED) is 0.159. The van der Waals surface area contributed by atoms with Crippen LogP contribution in [0.4, 0.5) is 0 Å². The van der Waals surface area contributed by atoms with Gasteiger partial charge in [-0.2, -0.15) is 0 Å². The zero-order valence-electron chi connectivity index (χ0n) is 31.3. The van der Waals surface area contributed by atoms with E-state index in [0.717, 1.165) is 77.1 Å². The highest BCUT2D eigenvalue weighted by Gasteiger charge is 2.23. The molecule has 0 N–H and O–H groups in total. The van der Waals surface area contributed by atoms with Crippen LogP contribution in [-0.2, 0) is 0 Å². The first-order chi connectivity index (χ1) is 28.7. The Hall–Kier alpha value is -7.89. The fourth-order valence-electron chi connectivity index (χ4n) is 8.08. The summed E-state index contributed by atoms with van der Waals surface area (Å²) in [5.41, 5.74) is 7.51. The predicted octanol–water partition coefficient (Wildman–Crippen LogP) is 13.3. The molecule has 0 radical (unpaired) electrons. The van der Waals surface area contributed by atoms with E-state index in [1.807, 2.05) is 60.7 Å². The number of nitrogens with zero attached hydrogens (tertiary/aromatic N) is 5. The molecular weight excluding hydrogens is 707 g/mol. The number of fused-ring (bicyclic) bond motifs is 4. The third-order valence-corrected chi connectivity index (χ3v) is 10.9. The van der Waals surface area contributed by atoms with Crippen LogP contribution in [0.15, 0.2) is 200 Å². The molecule has 0 unspecified atom stereocenters. The van der Waals surface area contributed by atoms with Crippen LogP contribution >= 0.6 is 0 Å². The highest BCUT2D eigenvalue weighted by Crippen LogP contribution is 2.43. The molecule has 0 atom stereocenters. The van der Waals surface area contributed by atoms with E-state index in [1.165, 1.54) is 10.8 Å².